The summed E-state index contributed by atoms with van der Waals surface area (Å²) in [5.74, 6) is -1.44. The summed E-state index contributed by atoms with van der Waals surface area (Å²) < 4.78 is 25.0. The number of carboxylic acid groups (broad SMARTS) is 1. The van der Waals surface area contributed by atoms with Gasteiger partial charge in [0.1, 0.15) is 5.15 Å². The van der Waals surface area contributed by atoms with Crippen LogP contribution in [0.15, 0.2) is 6.20 Å². The molecule has 3 nitrogen and oxygen atoms in total. The first-order chi connectivity index (χ1) is 6.45. The van der Waals surface area contributed by atoms with Gasteiger partial charge in [-0.05, 0) is 12.5 Å². The molecule has 14 heavy (non-hydrogen) atoms. The minimum absolute atomic E-state index is 0.00145. The SMILES string of the molecule is Cc1c(Cl)ncc(C(=O)O)c1C(F)F. The highest BCUT2D eigenvalue weighted by molar-refractivity contribution is 6.30. The fraction of sp³-hybridized carbons (Fsp3) is 0.250. The lowest BCUT2D eigenvalue weighted by atomic mass is 10.1. The van der Waals surface area contributed by atoms with Crippen LogP contribution in [-0.2, 0) is 0 Å². The van der Waals surface area contributed by atoms with Crippen molar-refractivity contribution in [2.24, 2.45) is 0 Å². The molecule has 0 aliphatic rings. The summed E-state index contributed by atoms with van der Waals surface area (Å²) in [4.78, 5) is 14.1. The Bertz CT molecular complexity index is 382. The Balaban J connectivity index is 3.45. The standard InChI is InChI=1S/C8H6ClF2NO2/c1-3-5(7(10)11)4(8(13)14)2-12-6(3)9/h2,7H,1H3,(H,13,14). The van der Waals surface area contributed by atoms with Crippen molar-refractivity contribution in [3.8, 4) is 0 Å². The quantitative estimate of drug-likeness (QED) is 0.781. The lowest BCUT2D eigenvalue weighted by Gasteiger charge is -2.08. The average Bonchev–Trinajstić information content (AvgIpc) is 2.08. The van der Waals surface area contributed by atoms with Crippen LogP contribution in [0.5, 0.6) is 0 Å². The van der Waals surface area contributed by atoms with Crippen molar-refractivity contribution in [1.29, 1.82) is 0 Å². The Morgan fingerprint density at radius 3 is 2.64 bits per heavy atom. The minimum atomic E-state index is -2.87. The topological polar surface area (TPSA) is 50.2 Å². The molecule has 76 valence electrons. The second-order valence-corrected chi connectivity index (χ2v) is 2.97. The zero-order chi connectivity index (χ0) is 10.9. The van der Waals surface area contributed by atoms with Gasteiger partial charge in [-0.15, -0.1) is 0 Å². The van der Waals surface area contributed by atoms with E-state index in [1.165, 1.54) is 6.92 Å². The van der Waals surface area contributed by atoms with E-state index in [0.717, 1.165) is 6.20 Å². The number of aromatic carboxylic acids is 1. The molecule has 1 heterocycles. The van der Waals surface area contributed by atoms with E-state index < -0.39 is 23.5 Å². The normalized spacial score (nSPS) is 10.6. The van der Waals surface area contributed by atoms with Gasteiger partial charge >= 0.3 is 5.97 Å². The second-order valence-electron chi connectivity index (χ2n) is 2.61. The number of rotatable bonds is 2. The van der Waals surface area contributed by atoms with Crippen molar-refractivity contribution < 1.29 is 18.7 Å². The molecule has 0 saturated carbocycles. The second kappa shape index (κ2) is 3.88. The van der Waals surface area contributed by atoms with E-state index >= 15 is 0 Å². The molecule has 1 aromatic rings. The lowest BCUT2D eigenvalue weighted by molar-refractivity contribution is 0.0683. The van der Waals surface area contributed by atoms with Crippen LogP contribution < -0.4 is 0 Å². The number of halogens is 3. The monoisotopic (exact) mass is 221 g/mol. The van der Waals surface area contributed by atoms with E-state index in [-0.39, 0.29) is 10.7 Å². The third-order valence-corrected chi connectivity index (χ3v) is 2.14. The van der Waals surface area contributed by atoms with Crippen LogP contribution in [0.3, 0.4) is 0 Å². The summed E-state index contributed by atoms with van der Waals surface area (Å²) in [6, 6.07) is 0. The summed E-state index contributed by atoms with van der Waals surface area (Å²) in [7, 11) is 0. The van der Waals surface area contributed by atoms with Crippen molar-refractivity contribution in [2.45, 2.75) is 13.3 Å². The number of carboxylic acids is 1. The highest BCUT2D eigenvalue weighted by atomic mass is 35.5. The Kier molecular flexibility index (Phi) is 3.00. The molecule has 0 aromatic carbocycles. The molecular weight excluding hydrogens is 216 g/mol. The third kappa shape index (κ3) is 1.82. The fourth-order valence-corrected chi connectivity index (χ4v) is 1.20. The Hall–Kier alpha value is -1.23. The lowest BCUT2D eigenvalue weighted by Crippen LogP contribution is -2.06. The molecule has 0 atom stereocenters. The first-order valence-electron chi connectivity index (χ1n) is 3.61. The van der Waals surface area contributed by atoms with E-state index in [9.17, 15) is 13.6 Å². The minimum Gasteiger partial charge on any atom is -0.478 e. The maximum Gasteiger partial charge on any atom is 0.337 e. The molecule has 0 fully saturated rings. The molecule has 0 unspecified atom stereocenters. The van der Waals surface area contributed by atoms with Crippen molar-refractivity contribution in [1.82, 2.24) is 4.98 Å². The molecule has 0 aliphatic heterocycles. The molecule has 6 heteroatoms. The highest BCUT2D eigenvalue weighted by Gasteiger charge is 2.22. The highest BCUT2D eigenvalue weighted by Crippen LogP contribution is 2.29. The molecular formula is C8H6ClF2NO2. The summed E-state index contributed by atoms with van der Waals surface area (Å²) in [5.41, 5.74) is -1.08. The average molecular weight is 222 g/mol. The molecule has 0 aliphatic carbocycles. The van der Waals surface area contributed by atoms with Crippen LogP contribution in [0.1, 0.15) is 27.9 Å². The van der Waals surface area contributed by atoms with Gasteiger partial charge in [0.15, 0.2) is 0 Å². The summed E-state index contributed by atoms with van der Waals surface area (Å²) in [6.45, 7) is 1.31. The van der Waals surface area contributed by atoms with Crippen LogP contribution >= 0.6 is 11.6 Å². The van der Waals surface area contributed by atoms with Gasteiger partial charge < -0.3 is 5.11 Å². The van der Waals surface area contributed by atoms with Crippen LogP contribution in [0.2, 0.25) is 5.15 Å². The molecule has 0 radical (unpaired) electrons. The largest absolute Gasteiger partial charge is 0.478 e. The van der Waals surface area contributed by atoms with Gasteiger partial charge in [0.2, 0.25) is 0 Å². The number of aromatic nitrogens is 1. The van der Waals surface area contributed by atoms with E-state index in [1.54, 1.807) is 0 Å². The van der Waals surface area contributed by atoms with Gasteiger partial charge in [-0.1, -0.05) is 11.6 Å². The zero-order valence-electron chi connectivity index (χ0n) is 7.09. The van der Waals surface area contributed by atoms with Crippen LogP contribution in [0.25, 0.3) is 0 Å². The third-order valence-electron chi connectivity index (χ3n) is 1.76. The molecule has 0 saturated heterocycles. The number of carbonyl (C=O) groups is 1. The van der Waals surface area contributed by atoms with E-state index in [1.807, 2.05) is 0 Å². The number of alkyl halides is 2. The fourth-order valence-electron chi connectivity index (χ4n) is 1.05. The maximum absolute atomic E-state index is 12.5. The number of hydrogen-bond donors (Lipinski definition) is 1. The van der Waals surface area contributed by atoms with Crippen LogP contribution in [0.4, 0.5) is 8.78 Å². The predicted octanol–water partition coefficient (Wildman–Crippen LogP) is 2.68. The summed E-state index contributed by atoms with van der Waals surface area (Å²) in [5, 5.41) is 8.51. The Morgan fingerprint density at radius 1 is 1.64 bits per heavy atom. The number of hydrogen-bond acceptors (Lipinski definition) is 2. The number of nitrogens with zero attached hydrogens (tertiary/aromatic N) is 1. The molecule has 1 N–H and O–H groups in total. The molecule has 1 aromatic heterocycles. The Labute approximate surface area is 83.3 Å². The van der Waals surface area contributed by atoms with E-state index in [2.05, 4.69) is 4.98 Å². The molecule has 0 spiro atoms. The van der Waals surface area contributed by atoms with Gasteiger partial charge in [0.25, 0.3) is 6.43 Å². The smallest absolute Gasteiger partial charge is 0.337 e. The summed E-state index contributed by atoms with van der Waals surface area (Å²) in [6.07, 6.45) is -2.04. The van der Waals surface area contributed by atoms with Gasteiger partial charge in [-0.3, -0.25) is 0 Å². The molecule has 0 bridgehead atoms. The van der Waals surface area contributed by atoms with Gasteiger partial charge in [-0.25, -0.2) is 18.6 Å². The molecule has 0 amide bonds. The van der Waals surface area contributed by atoms with Crippen LogP contribution in [0, 0.1) is 6.92 Å². The van der Waals surface area contributed by atoms with Crippen LogP contribution in [-0.4, -0.2) is 16.1 Å². The molecule has 1 rings (SSSR count). The van der Waals surface area contributed by atoms with Gasteiger partial charge in [-0.2, -0.15) is 0 Å². The first-order valence-corrected chi connectivity index (χ1v) is 3.99. The van der Waals surface area contributed by atoms with Gasteiger partial charge in [0.05, 0.1) is 5.56 Å². The Morgan fingerprint density at radius 2 is 2.21 bits per heavy atom. The van der Waals surface area contributed by atoms with Crippen molar-refractivity contribution in [3.05, 3.63) is 28.0 Å². The van der Waals surface area contributed by atoms with Crippen molar-refractivity contribution >= 4 is 17.6 Å². The first kappa shape index (κ1) is 10.8. The zero-order valence-corrected chi connectivity index (χ0v) is 7.85. The van der Waals surface area contributed by atoms with Crippen molar-refractivity contribution in [3.63, 3.8) is 0 Å². The number of pyridine rings is 1. The maximum atomic E-state index is 12.5. The van der Waals surface area contributed by atoms with E-state index in [0.29, 0.717) is 0 Å². The predicted molar refractivity (Wildman–Crippen MR) is 45.9 cm³/mol. The van der Waals surface area contributed by atoms with Gasteiger partial charge in [0, 0.05) is 11.8 Å². The summed E-state index contributed by atoms with van der Waals surface area (Å²) >= 11 is 5.50. The van der Waals surface area contributed by atoms with Crippen molar-refractivity contribution in [2.75, 3.05) is 0 Å². The van der Waals surface area contributed by atoms with E-state index in [4.69, 9.17) is 16.7 Å².